The predicted octanol–water partition coefficient (Wildman–Crippen LogP) is 1.50. The average Bonchev–Trinajstić information content (AvgIpc) is 2.40. The smallest absolute Gasteiger partial charge is 0.133 e. The fourth-order valence-electron chi connectivity index (χ4n) is 2.45. The second kappa shape index (κ2) is 6.16. The van der Waals surface area contributed by atoms with Crippen LogP contribution in [0.1, 0.15) is 25.5 Å². The van der Waals surface area contributed by atoms with E-state index in [1.807, 2.05) is 12.3 Å². The maximum atomic E-state index is 4.60. The van der Waals surface area contributed by atoms with Crippen LogP contribution in [-0.4, -0.2) is 49.7 Å². The third kappa shape index (κ3) is 3.00. The van der Waals surface area contributed by atoms with E-state index in [0.717, 1.165) is 38.5 Å². The first-order valence-electron chi connectivity index (χ1n) is 6.84. The quantitative estimate of drug-likeness (QED) is 0.875. The molecule has 4 heteroatoms. The maximum Gasteiger partial charge on any atom is 0.133 e. The number of anilines is 1. The highest BCUT2D eigenvalue weighted by Gasteiger charge is 2.19. The van der Waals surface area contributed by atoms with E-state index in [1.165, 1.54) is 5.56 Å². The Morgan fingerprint density at radius 1 is 1.33 bits per heavy atom. The van der Waals surface area contributed by atoms with Crippen molar-refractivity contribution < 1.29 is 0 Å². The standard InChI is InChI=1S/C14H24N4/c1-4-15-12(2)13-6-5-7-16-14(13)18-10-8-17(3)9-11-18/h5-7,12,15H,4,8-11H2,1-3H3. The van der Waals surface area contributed by atoms with Gasteiger partial charge in [0.1, 0.15) is 5.82 Å². The van der Waals surface area contributed by atoms with Crippen LogP contribution < -0.4 is 10.2 Å². The van der Waals surface area contributed by atoms with Crippen molar-refractivity contribution in [2.45, 2.75) is 19.9 Å². The van der Waals surface area contributed by atoms with Crippen molar-refractivity contribution >= 4 is 5.82 Å². The molecule has 0 spiro atoms. The van der Waals surface area contributed by atoms with Gasteiger partial charge in [0, 0.05) is 44.0 Å². The van der Waals surface area contributed by atoms with Crippen molar-refractivity contribution in [3.63, 3.8) is 0 Å². The summed E-state index contributed by atoms with van der Waals surface area (Å²) >= 11 is 0. The molecule has 2 rings (SSSR count). The minimum Gasteiger partial charge on any atom is -0.354 e. The molecular weight excluding hydrogens is 224 g/mol. The molecule has 1 unspecified atom stereocenters. The first-order chi connectivity index (χ1) is 8.72. The Hall–Kier alpha value is -1.13. The van der Waals surface area contributed by atoms with Crippen LogP contribution in [0.25, 0.3) is 0 Å². The molecule has 1 aliphatic heterocycles. The average molecular weight is 248 g/mol. The molecule has 18 heavy (non-hydrogen) atoms. The summed E-state index contributed by atoms with van der Waals surface area (Å²) in [7, 11) is 2.18. The van der Waals surface area contributed by atoms with Crippen molar-refractivity contribution in [2.75, 3.05) is 44.7 Å². The molecule has 1 aromatic rings. The third-order valence-electron chi connectivity index (χ3n) is 3.60. The number of pyridine rings is 1. The van der Waals surface area contributed by atoms with E-state index in [2.05, 4.69) is 47.1 Å². The molecule has 0 aromatic carbocycles. The summed E-state index contributed by atoms with van der Waals surface area (Å²) in [5.41, 5.74) is 1.31. The van der Waals surface area contributed by atoms with Gasteiger partial charge in [-0.15, -0.1) is 0 Å². The Morgan fingerprint density at radius 2 is 2.06 bits per heavy atom. The summed E-state index contributed by atoms with van der Waals surface area (Å²) in [4.78, 5) is 9.37. The van der Waals surface area contributed by atoms with Crippen LogP contribution in [0, 0.1) is 0 Å². The van der Waals surface area contributed by atoms with Crippen molar-refractivity contribution in [3.8, 4) is 0 Å². The van der Waals surface area contributed by atoms with Gasteiger partial charge in [0.05, 0.1) is 0 Å². The van der Waals surface area contributed by atoms with Crippen LogP contribution in [0.15, 0.2) is 18.3 Å². The molecule has 1 N–H and O–H groups in total. The number of nitrogens with one attached hydrogen (secondary N) is 1. The van der Waals surface area contributed by atoms with Gasteiger partial charge in [-0.2, -0.15) is 0 Å². The summed E-state index contributed by atoms with van der Waals surface area (Å²) in [5.74, 6) is 1.15. The zero-order chi connectivity index (χ0) is 13.0. The lowest BCUT2D eigenvalue weighted by molar-refractivity contribution is 0.311. The number of piperazine rings is 1. The van der Waals surface area contributed by atoms with E-state index in [9.17, 15) is 0 Å². The number of hydrogen-bond donors (Lipinski definition) is 1. The predicted molar refractivity (Wildman–Crippen MR) is 76.0 cm³/mol. The van der Waals surface area contributed by atoms with Crippen molar-refractivity contribution in [2.24, 2.45) is 0 Å². The molecule has 2 heterocycles. The molecule has 0 saturated carbocycles. The SMILES string of the molecule is CCNC(C)c1cccnc1N1CCN(C)CC1. The Morgan fingerprint density at radius 3 is 2.72 bits per heavy atom. The Bertz CT molecular complexity index is 372. The Balaban J connectivity index is 2.16. The van der Waals surface area contributed by atoms with Gasteiger partial charge in [0.15, 0.2) is 0 Å². The number of hydrogen-bond acceptors (Lipinski definition) is 4. The molecule has 1 saturated heterocycles. The molecule has 1 aliphatic rings. The van der Waals surface area contributed by atoms with Gasteiger partial charge >= 0.3 is 0 Å². The second-order valence-corrected chi connectivity index (χ2v) is 4.99. The molecule has 0 radical (unpaired) electrons. The highest BCUT2D eigenvalue weighted by molar-refractivity contribution is 5.48. The highest BCUT2D eigenvalue weighted by Crippen LogP contribution is 2.24. The summed E-state index contributed by atoms with van der Waals surface area (Å²) in [6.45, 7) is 9.70. The second-order valence-electron chi connectivity index (χ2n) is 4.99. The van der Waals surface area contributed by atoms with Crippen molar-refractivity contribution in [1.82, 2.24) is 15.2 Å². The van der Waals surface area contributed by atoms with E-state index in [4.69, 9.17) is 0 Å². The number of nitrogens with zero attached hydrogens (tertiary/aromatic N) is 3. The van der Waals surface area contributed by atoms with Gasteiger partial charge in [0.25, 0.3) is 0 Å². The van der Waals surface area contributed by atoms with Crippen LogP contribution in [0.3, 0.4) is 0 Å². The zero-order valence-corrected chi connectivity index (χ0v) is 11.7. The summed E-state index contributed by atoms with van der Waals surface area (Å²) < 4.78 is 0. The van der Waals surface area contributed by atoms with Gasteiger partial charge in [-0.25, -0.2) is 4.98 Å². The van der Waals surface area contributed by atoms with Crippen molar-refractivity contribution in [1.29, 1.82) is 0 Å². The fraction of sp³-hybridized carbons (Fsp3) is 0.643. The number of rotatable bonds is 4. The summed E-state index contributed by atoms with van der Waals surface area (Å²) in [5, 5.41) is 3.47. The monoisotopic (exact) mass is 248 g/mol. The first-order valence-corrected chi connectivity index (χ1v) is 6.84. The maximum absolute atomic E-state index is 4.60. The van der Waals surface area contributed by atoms with Gasteiger partial charge in [-0.05, 0) is 26.6 Å². The zero-order valence-electron chi connectivity index (χ0n) is 11.7. The van der Waals surface area contributed by atoms with Crippen LogP contribution in [0.2, 0.25) is 0 Å². The molecule has 0 bridgehead atoms. The van der Waals surface area contributed by atoms with E-state index >= 15 is 0 Å². The molecule has 1 atom stereocenters. The summed E-state index contributed by atoms with van der Waals surface area (Å²) in [6, 6.07) is 4.58. The van der Waals surface area contributed by atoms with Crippen LogP contribution in [0.4, 0.5) is 5.82 Å². The van der Waals surface area contributed by atoms with Crippen molar-refractivity contribution in [3.05, 3.63) is 23.9 Å². The fourth-order valence-corrected chi connectivity index (χ4v) is 2.45. The lowest BCUT2D eigenvalue weighted by atomic mass is 10.1. The van der Waals surface area contributed by atoms with Gasteiger partial charge in [-0.3, -0.25) is 0 Å². The Kier molecular flexibility index (Phi) is 4.55. The molecular formula is C14H24N4. The molecule has 0 aliphatic carbocycles. The third-order valence-corrected chi connectivity index (χ3v) is 3.60. The van der Waals surface area contributed by atoms with Crippen LogP contribution in [0.5, 0.6) is 0 Å². The minimum absolute atomic E-state index is 0.360. The molecule has 1 aromatic heterocycles. The van der Waals surface area contributed by atoms with Gasteiger partial charge in [0.2, 0.25) is 0 Å². The summed E-state index contributed by atoms with van der Waals surface area (Å²) in [6.07, 6.45) is 1.90. The van der Waals surface area contributed by atoms with E-state index in [0.29, 0.717) is 6.04 Å². The molecule has 100 valence electrons. The molecule has 0 amide bonds. The molecule has 4 nitrogen and oxygen atoms in total. The molecule has 1 fully saturated rings. The highest BCUT2D eigenvalue weighted by atomic mass is 15.3. The first kappa shape index (κ1) is 13.3. The lowest BCUT2D eigenvalue weighted by Crippen LogP contribution is -2.45. The van der Waals surface area contributed by atoms with E-state index < -0.39 is 0 Å². The number of aromatic nitrogens is 1. The number of likely N-dealkylation sites (N-methyl/N-ethyl adjacent to an activating group) is 1. The van der Waals surface area contributed by atoms with Crippen LogP contribution in [-0.2, 0) is 0 Å². The van der Waals surface area contributed by atoms with Gasteiger partial charge < -0.3 is 15.1 Å². The van der Waals surface area contributed by atoms with E-state index in [-0.39, 0.29) is 0 Å². The topological polar surface area (TPSA) is 31.4 Å². The minimum atomic E-state index is 0.360. The largest absolute Gasteiger partial charge is 0.354 e. The van der Waals surface area contributed by atoms with Crippen LogP contribution >= 0.6 is 0 Å². The lowest BCUT2D eigenvalue weighted by Gasteiger charge is -2.35. The van der Waals surface area contributed by atoms with Gasteiger partial charge in [-0.1, -0.05) is 13.0 Å². The normalized spacial score (nSPS) is 18.9. The Labute approximate surface area is 110 Å². The van der Waals surface area contributed by atoms with E-state index in [1.54, 1.807) is 0 Å².